The molecular formula is C13H17NO5S2. The lowest BCUT2D eigenvalue weighted by Gasteiger charge is -2.48. The fraction of sp³-hybridized carbons (Fsp3) is 0.462. The monoisotopic (exact) mass is 331 g/mol. The van der Waals surface area contributed by atoms with Crippen molar-refractivity contribution in [2.45, 2.75) is 29.8 Å². The Bertz CT molecular complexity index is 517. The molecule has 1 fully saturated rings. The number of carbonyl (C=O) groups excluding carboxylic acids is 1. The van der Waals surface area contributed by atoms with Crippen LogP contribution < -0.4 is 5.32 Å². The highest BCUT2D eigenvalue weighted by molar-refractivity contribution is 8.69. The highest BCUT2D eigenvalue weighted by Crippen LogP contribution is 2.42. The van der Waals surface area contributed by atoms with Crippen LogP contribution in [0.1, 0.15) is 6.92 Å². The van der Waals surface area contributed by atoms with Gasteiger partial charge in [-0.2, -0.15) is 0 Å². The maximum Gasteiger partial charge on any atom is 0.226 e. The molecule has 1 aromatic carbocycles. The number of anilines is 1. The standard InChI is InChI=1S/C13H17NO5S2/c1-8(15)12(18)7-19-13(21-20,11(17)10(12)16)14-9-5-3-2-4-6-9/h2-6,10-11,14,16-18,20H,7H2,1H3/t10-,11-,12+,13-/m1/s1. The van der Waals surface area contributed by atoms with Crippen molar-refractivity contribution >= 4 is 33.9 Å². The minimum atomic E-state index is -2.13. The second-order valence-corrected chi connectivity index (χ2v) is 6.25. The summed E-state index contributed by atoms with van der Waals surface area (Å²) in [7, 11) is 0.841. The lowest BCUT2D eigenvalue weighted by atomic mass is 9.86. The van der Waals surface area contributed by atoms with E-state index in [1.54, 1.807) is 24.3 Å². The molecule has 1 aliphatic heterocycles. The minimum absolute atomic E-state index is 0.450. The van der Waals surface area contributed by atoms with Gasteiger partial charge in [-0.25, -0.2) is 0 Å². The Morgan fingerprint density at radius 2 is 2.00 bits per heavy atom. The maximum absolute atomic E-state index is 11.5. The number of aliphatic hydroxyl groups excluding tert-OH is 2. The third kappa shape index (κ3) is 2.92. The summed E-state index contributed by atoms with van der Waals surface area (Å²) in [5, 5.41) is 32.0. The second kappa shape index (κ2) is 6.15. The first-order valence-electron chi connectivity index (χ1n) is 6.25. The number of aliphatic hydroxyl groups is 3. The van der Waals surface area contributed by atoms with Crippen LogP contribution in [0.4, 0.5) is 5.69 Å². The van der Waals surface area contributed by atoms with Crippen molar-refractivity contribution in [1.29, 1.82) is 0 Å². The Balaban J connectivity index is 2.28. The van der Waals surface area contributed by atoms with Gasteiger partial charge in [-0.05, 0) is 29.9 Å². The van der Waals surface area contributed by atoms with Crippen molar-refractivity contribution in [3.8, 4) is 0 Å². The molecule has 4 N–H and O–H groups in total. The van der Waals surface area contributed by atoms with Crippen molar-refractivity contribution in [1.82, 2.24) is 0 Å². The molecule has 0 unspecified atom stereocenters. The van der Waals surface area contributed by atoms with Gasteiger partial charge in [0.1, 0.15) is 12.2 Å². The van der Waals surface area contributed by atoms with Crippen LogP contribution in [0.15, 0.2) is 30.3 Å². The lowest BCUT2D eigenvalue weighted by molar-refractivity contribution is -0.231. The molecule has 0 radical (unpaired) electrons. The largest absolute Gasteiger partial charge is 0.387 e. The van der Waals surface area contributed by atoms with Crippen molar-refractivity contribution in [3.63, 3.8) is 0 Å². The average molecular weight is 331 g/mol. The molecule has 0 spiro atoms. The van der Waals surface area contributed by atoms with Crippen LogP contribution in [-0.2, 0) is 9.53 Å². The van der Waals surface area contributed by atoms with Gasteiger partial charge in [0, 0.05) is 5.69 Å². The van der Waals surface area contributed by atoms with Crippen molar-refractivity contribution in [2.24, 2.45) is 0 Å². The number of hydrogen-bond donors (Lipinski definition) is 5. The Labute approximate surface area is 131 Å². The SMILES string of the molecule is CC(=O)[C@@]1(O)CO[C@@](Nc2ccccc2)(SS)[C@H](O)[C@H]1O. The molecule has 1 aliphatic rings. The molecule has 4 atom stereocenters. The molecule has 1 aromatic rings. The van der Waals surface area contributed by atoms with E-state index in [0.29, 0.717) is 5.69 Å². The first-order valence-corrected chi connectivity index (χ1v) is 8.12. The maximum atomic E-state index is 11.5. The second-order valence-electron chi connectivity index (χ2n) is 4.91. The molecule has 1 heterocycles. The number of ketones is 1. The average Bonchev–Trinajstić information content (AvgIpc) is 2.49. The van der Waals surface area contributed by atoms with Crippen LogP contribution in [-0.4, -0.2) is 50.6 Å². The van der Waals surface area contributed by atoms with Crippen molar-refractivity contribution < 1.29 is 24.9 Å². The first kappa shape index (κ1) is 16.6. The van der Waals surface area contributed by atoms with E-state index in [1.165, 1.54) is 0 Å². The topological polar surface area (TPSA) is 99.0 Å². The molecule has 116 valence electrons. The van der Waals surface area contributed by atoms with E-state index in [9.17, 15) is 20.1 Å². The van der Waals surface area contributed by atoms with Gasteiger partial charge in [0.2, 0.25) is 5.06 Å². The highest BCUT2D eigenvalue weighted by atomic mass is 33.1. The number of rotatable bonds is 4. The van der Waals surface area contributed by atoms with Gasteiger partial charge in [0.25, 0.3) is 0 Å². The number of ether oxygens (including phenoxy) is 1. The van der Waals surface area contributed by atoms with Gasteiger partial charge in [-0.3, -0.25) is 4.79 Å². The molecule has 0 saturated carbocycles. The number of para-hydroxylation sites is 1. The van der Waals surface area contributed by atoms with Crippen LogP contribution in [0.3, 0.4) is 0 Å². The summed E-state index contributed by atoms with van der Waals surface area (Å²) in [4.78, 5) is 11.5. The summed E-state index contributed by atoms with van der Waals surface area (Å²) < 4.78 is 5.47. The van der Waals surface area contributed by atoms with Gasteiger partial charge >= 0.3 is 0 Å². The Morgan fingerprint density at radius 1 is 1.38 bits per heavy atom. The fourth-order valence-corrected chi connectivity index (χ4v) is 3.23. The number of carbonyl (C=O) groups is 1. The van der Waals surface area contributed by atoms with Crippen LogP contribution in [0.2, 0.25) is 0 Å². The summed E-state index contributed by atoms with van der Waals surface area (Å²) in [5.74, 6) is -0.675. The number of nitrogens with one attached hydrogen (secondary N) is 1. The van der Waals surface area contributed by atoms with E-state index in [0.717, 1.165) is 17.7 Å². The van der Waals surface area contributed by atoms with Crippen LogP contribution in [0, 0.1) is 0 Å². The van der Waals surface area contributed by atoms with Gasteiger partial charge in [0.15, 0.2) is 11.4 Å². The van der Waals surface area contributed by atoms with Crippen molar-refractivity contribution in [2.75, 3.05) is 11.9 Å². The number of Topliss-reactive ketones (excluding diaryl/α,β-unsaturated/α-hetero) is 1. The third-order valence-corrected chi connectivity index (χ3v) is 5.07. The Hall–Kier alpha value is -0.770. The number of thiol groups is 1. The third-order valence-electron chi connectivity index (χ3n) is 3.52. The summed E-state index contributed by atoms with van der Waals surface area (Å²) in [6, 6.07) is 8.90. The molecule has 0 bridgehead atoms. The fourth-order valence-electron chi connectivity index (χ4n) is 2.10. The number of benzene rings is 1. The smallest absolute Gasteiger partial charge is 0.226 e. The lowest BCUT2D eigenvalue weighted by Crippen LogP contribution is -2.69. The molecular weight excluding hydrogens is 314 g/mol. The highest BCUT2D eigenvalue weighted by Gasteiger charge is 2.58. The predicted octanol–water partition coefficient (Wildman–Crippen LogP) is 0.402. The van der Waals surface area contributed by atoms with E-state index in [1.807, 2.05) is 6.07 Å². The van der Waals surface area contributed by atoms with Crippen molar-refractivity contribution in [3.05, 3.63) is 30.3 Å². The molecule has 21 heavy (non-hydrogen) atoms. The van der Waals surface area contributed by atoms with Crippen LogP contribution >= 0.6 is 22.5 Å². The molecule has 1 saturated heterocycles. The summed E-state index contributed by atoms with van der Waals surface area (Å²) in [6.45, 7) is 0.679. The Morgan fingerprint density at radius 3 is 2.52 bits per heavy atom. The molecule has 0 amide bonds. The van der Waals surface area contributed by atoms with E-state index < -0.39 is 35.3 Å². The molecule has 0 aliphatic carbocycles. The van der Waals surface area contributed by atoms with E-state index >= 15 is 0 Å². The zero-order valence-corrected chi connectivity index (χ0v) is 13.0. The molecule has 0 aromatic heterocycles. The summed E-state index contributed by atoms with van der Waals surface area (Å²) >= 11 is 4.08. The molecule has 6 nitrogen and oxygen atoms in total. The van der Waals surface area contributed by atoms with E-state index in [-0.39, 0.29) is 0 Å². The van der Waals surface area contributed by atoms with Gasteiger partial charge in [0.05, 0.1) is 6.61 Å². The van der Waals surface area contributed by atoms with Crippen LogP contribution in [0.25, 0.3) is 0 Å². The normalized spacial score (nSPS) is 36.2. The van der Waals surface area contributed by atoms with E-state index in [2.05, 4.69) is 17.0 Å². The molecule has 2 rings (SSSR count). The number of hydrogen-bond acceptors (Lipinski definition) is 8. The first-order chi connectivity index (χ1) is 9.85. The van der Waals surface area contributed by atoms with Gasteiger partial charge in [-0.15, -0.1) is 11.7 Å². The Kier molecular flexibility index (Phi) is 4.86. The van der Waals surface area contributed by atoms with Crippen LogP contribution in [0.5, 0.6) is 0 Å². The van der Waals surface area contributed by atoms with E-state index in [4.69, 9.17) is 4.74 Å². The summed E-state index contributed by atoms with van der Waals surface area (Å²) in [5.41, 5.74) is -1.50. The predicted molar refractivity (Wildman–Crippen MR) is 83.0 cm³/mol. The zero-order chi connectivity index (χ0) is 15.7. The van der Waals surface area contributed by atoms with Gasteiger partial charge in [-0.1, -0.05) is 18.2 Å². The van der Waals surface area contributed by atoms with Gasteiger partial charge < -0.3 is 25.4 Å². The molecule has 8 heteroatoms. The quantitative estimate of drug-likeness (QED) is 0.309. The summed E-state index contributed by atoms with van der Waals surface area (Å²) in [6.07, 6.45) is -3.26. The zero-order valence-electron chi connectivity index (χ0n) is 11.3. The minimum Gasteiger partial charge on any atom is -0.387 e.